The van der Waals surface area contributed by atoms with Gasteiger partial charge in [-0.05, 0) is 25.1 Å². The monoisotopic (exact) mass is 296 g/mol. The summed E-state index contributed by atoms with van der Waals surface area (Å²) in [6, 6.07) is 5.00. The van der Waals surface area contributed by atoms with Gasteiger partial charge < -0.3 is 20.1 Å². The summed E-state index contributed by atoms with van der Waals surface area (Å²) < 4.78 is 10.3. The number of carbonyl (C=O) groups is 1. The molecule has 20 heavy (non-hydrogen) atoms. The third-order valence-corrected chi connectivity index (χ3v) is 3.28. The highest BCUT2D eigenvalue weighted by atomic mass is 32.1. The minimum absolute atomic E-state index is 0.0619. The molecule has 0 saturated carbocycles. The van der Waals surface area contributed by atoms with E-state index in [9.17, 15) is 4.79 Å². The molecular formula is C14H20N2O3S. The molecule has 0 aliphatic heterocycles. The minimum Gasteiger partial charge on any atom is -0.493 e. The molecule has 2 N–H and O–H groups in total. The topological polar surface area (TPSA) is 64.8 Å². The van der Waals surface area contributed by atoms with Gasteiger partial charge in [-0.1, -0.05) is 12.2 Å². The van der Waals surface area contributed by atoms with Crippen LogP contribution in [0.5, 0.6) is 11.5 Å². The van der Waals surface area contributed by atoms with Crippen molar-refractivity contribution in [3.63, 3.8) is 0 Å². The molecule has 0 saturated heterocycles. The number of methoxy groups -OCH3 is 2. The standard InChI is InChI=1S/C14H20N2O3S/c1-9(7-13(15)20)16(2)14(17)10-5-6-11(18-3)12(8-10)19-4/h5-6,8-9H,7H2,1-4H3,(H2,15,20). The molecule has 0 radical (unpaired) electrons. The Labute approximate surface area is 124 Å². The summed E-state index contributed by atoms with van der Waals surface area (Å²) in [5.41, 5.74) is 6.04. The summed E-state index contributed by atoms with van der Waals surface area (Å²) in [5, 5.41) is 0. The first-order valence-corrected chi connectivity index (χ1v) is 6.59. The van der Waals surface area contributed by atoms with Gasteiger partial charge >= 0.3 is 0 Å². The Morgan fingerprint density at radius 2 is 1.95 bits per heavy atom. The maximum absolute atomic E-state index is 12.4. The summed E-state index contributed by atoms with van der Waals surface area (Å²) in [5.74, 6) is 0.992. The van der Waals surface area contributed by atoms with Gasteiger partial charge in [0.15, 0.2) is 11.5 Å². The number of nitrogens with zero attached hydrogens (tertiary/aromatic N) is 1. The Hall–Kier alpha value is -1.82. The van der Waals surface area contributed by atoms with Crippen molar-refractivity contribution in [2.75, 3.05) is 21.3 Å². The van der Waals surface area contributed by atoms with E-state index in [1.54, 1.807) is 37.3 Å². The molecular weight excluding hydrogens is 276 g/mol. The van der Waals surface area contributed by atoms with Crippen LogP contribution in [0.1, 0.15) is 23.7 Å². The molecule has 1 aromatic carbocycles. The number of nitrogens with two attached hydrogens (primary N) is 1. The van der Waals surface area contributed by atoms with Gasteiger partial charge in [-0.25, -0.2) is 0 Å². The molecule has 6 heteroatoms. The number of hydrogen-bond donors (Lipinski definition) is 1. The molecule has 110 valence electrons. The van der Waals surface area contributed by atoms with E-state index in [0.29, 0.717) is 28.5 Å². The van der Waals surface area contributed by atoms with Gasteiger partial charge in [-0.2, -0.15) is 0 Å². The van der Waals surface area contributed by atoms with E-state index >= 15 is 0 Å². The van der Waals surface area contributed by atoms with E-state index in [1.807, 2.05) is 6.92 Å². The van der Waals surface area contributed by atoms with Crippen molar-refractivity contribution in [1.82, 2.24) is 4.90 Å². The van der Waals surface area contributed by atoms with Crippen LogP contribution in [0, 0.1) is 0 Å². The molecule has 0 heterocycles. The molecule has 1 unspecified atom stereocenters. The van der Waals surface area contributed by atoms with Crippen LogP contribution in [-0.2, 0) is 0 Å². The average Bonchev–Trinajstić information content (AvgIpc) is 2.44. The first-order chi connectivity index (χ1) is 9.40. The Kier molecular flexibility index (Phi) is 5.76. The molecule has 0 spiro atoms. The second-order valence-electron chi connectivity index (χ2n) is 4.51. The van der Waals surface area contributed by atoms with Crippen LogP contribution < -0.4 is 15.2 Å². The van der Waals surface area contributed by atoms with Gasteiger partial charge in [0.1, 0.15) is 0 Å². The fourth-order valence-electron chi connectivity index (χ4n) is 1.80. The minimum atomic E-state index is -0.116. The smallest absolute Gasteiger partial charge is 0.253 e. The predicted octanol–water partition coefficient (Wildman–Crippen LogP) is 1.84. The molecule has 0 aliphatic carbocycles. The first-order valence-electron chi connectivity index (χ1n) is 6.18. The highest BCUT2D eigenvalue weighted by molar-refractivity contribution is 7.80. The van der Waals surface area contributed by atoms with Crippen LogP contribution in [-0.4, -0.2) is 43.1 Å². The van der Waals surface area contributed by atoms with Crippen molar-refractivity contribution >= 4 is 23.1 Å². The molecule has 0 aromatic heterocycles. The number of rotatable bonds is 6. The van der Waals surface area contributed by atoms with Crippen molar-refractivity contribution < 1.29 is 14.3 Å². The number of carbonyl (C=O) groups excluding carboxylic acids is 1. The van der Waals surface area contributed by atoms with Gasteiger partial charge in [-0.3, -0.25) is 4.79 Å². The molecule has 1 amide bonds. The highest BCUT2D eigenvalue weighted by Crippen LogP contribution is 2.28. The SMILES string of the molecule is COc1ccc(C(=O)N(C)C(C)CC(N)=S)cc1OC. The van der Waals surface area contributed by atoms with Gasteiger partial charge in [0.2, 0.25) is 0 Å². The molecule has 0 bridgehead atoms. The number of amides is 1. The average molecular weight is 296 g/mol. The van der Waals surface area contributed by atoms with E-state index in [0.717, 1.165) is 0 Å². The Balaban J connectivity index is 2.94. The van der Waals surface area contributed by atoms with E-state index < -0.39 is 0 Å². The van der Waals surface area contributed by atoms with Gasteiger partial charge in [0.25, 0.3) is 5.91 Å². The number of benzene rings is 1. The predicted molar refractivity (Wildman–Crippen MR) is 82.5 cm³/mol. The van der Waals surface area contributed by atoms with Crippen molar-refractivity contribution in [2.24, 2.45) is 5.73 Å². The second-order valence-corrected chi connectivity index (χ2v) is 5.03. The molecule has 0 fully saturated rings. The molecule has 1 rings (SSSR count). The van der Waals surface area contributed by atoms with Crippen molar-refractivity contribution in [2.45, 2.75) is 19.4 Å². The van der Waals surface area contributed by atoms with Crippen LogP contribution in [0.3, 0.4) is 0 Å². The van der Waals surface area contributed by atoms with Crippen molar-refractivity contribution in [3.05, 3.63) is 23.8 Å². The summed E-state index contributed by atoms with van der Waals surface area (Å²) in [4.78, 5) is 14.4. The van der Waals surface area contributed by atoms with Crippen LogP contribution in [0.15, 0.2) is 18.2 Å². The molecule has 5 nitrogen and oxygen atoms in total. The Bertz CT molecular complexity index is 505. The van der Waals surface area contributed by atoms with Crippen molar-refractivity contribution in [3.8, 4) is 11.5 Å². The number of thiocarbonyl (C=S) groups is 1. The maximum atomic E-state index is 12.4. The molecule has 0 aliphatic rings. The zero-order valence-electron chi connectivity index (χ0n) is 12.2. The van der Waals surface area contributed by atoms with E-state index in [2.05, 4.69) is 0 Å². The molecule has 1 atom stereocenters. The fourth-order valence-corrected chi connectivity index (χ4v) is 2.04. The Morgan fingerprint density at radius 1 is 1.35 bits per heavy atom. The highest BCUT2D eigenvalue weighted by Gasteiger charge is 2.19. The van der Waals surface area contributed by atoms with Crippen molar-refractivity contribution in [1.29, 1.82) is 0 Å². The summed E-state index contributed by atoms with van der Waals surface area (Å²) in [6.45, 7) is 1.90. The largest absolute Gasteiger partial charge is 0.493 e. The number of hydrogen-bond acceptors (Lipinski definition) is 4. The van der Waals surface area contributed by atoms with Gasteiger partial charge in [0, 0.05) is 25.1 Å². The lowest BCUT2D eigenvalue weighted by molar-refractivity contribution is 0.0747. The second kappa shape index (κ2) is 7.09. The van der Waals surface area contributed by atoms with Crippen LogP contribution in [0.2, 0.25) is 0 Å². The number of ether oxygens (including phenoxy) is 2. The maximum Gasteiger partial charge on any atom is 0.253 e. The fraction of sp³-hybridized carbons (Fsp3) is 0.429. The normalized spacial score (nSPS) is 11.6. The third-order valence-electron chi connectivity index (χ3n) is 3.11. The summed E-state index contributed by atoms with van der Waals surface area (Å²) in [7, 11) is 4.81. The molecule has 1 aromatic rings. The van der Waals surface area contributed by atoms with E-state index in [1.165, 1.54) is 7.11 Å². The van der Waals surface area contributed by atoms with Crippen LogP contribution in [0.4, 0.5) is 0 Å². The first kappa shape index (κ1) is 16.2. The van der Waals surface area contributed by atoms with Gasteiger partial charge in [0.05, 0.1) is 19.2 Å². The van der Waals surface area contributed by atoms with E-state index in [4.69, 9.17) is 27.4 Å². The quantitative estimate of drug-likeness (QED) is 0.812. The lowest BCUT2D eigenvalue weighted by Gasteiger charge is -2.25. The summed E-state index contributed by atoms with van der Waals surface area (Å²) >= 11 is 4.87. The Morgan fingerprint density at radius 3 is 2.45 bits per heavy atom. The lowest BCUT2D eigenvalue weighted by atomic mass is 10.1. The lowest BCUT2D eigenvalue weighted by Crippen LogP contribution is -2.37. The zero-order valence-corrected chi connectivity index (χ0v) is 13.0. The van der Waals surface area contributed by atoms with Gasteiger partial charge in [-0.15, -0.1) is 0 Å². The van der Waals surface area contributed by atoms with Crippen LogP contribution >= 0.6 is 12.2 Å². The van der Waals surface area contributed by atoms with E-state index in [-0.39, 0.29) is 11.9 Å². The zero-order chi connectivity index (χ0) is 15.3. The van der Waals surface area contributed by atoms with Crippen LogP contribution in [0.25, 0.3) is 0 Å². The summed E-state index contributed by atoms with van der Waals surface area (Å²) in [6.07, 6.45) is 0.491. The third kappa shape index (κ3) is 3.84.